The van der Waals surface area contributed by atoms with Crippen molar-refractivity contribution in [2.45, 2.75) is 38.0 Å². The van der Waals surface area contributed by atoms with Crippen LogP contribution in [0.5, 0.6) is 0 Å². The Kier molecular flexibility index (Phi) is 4.81. The fourth-order valence-electron chi connectivity index (χ4n) is 1.56. The van der Waals surface area contributed by atoms with E-state index in [9.17, 15) is 4.79 Å². The van der Waals surface area contributed by atoms with Crippen molar-refractivity contribution in [3.05, 3.63) is 35.4 Å². The molecule has 0 amide bonds. The standard InChI is InChI=1S/C13H17ClO2/c1-9(2)11-5-3-10(4-6-11)7-12(14)8-13(15)16/h3-6,9,12H,7-8H2,1-2H3,(H,15,16). The molecule has 1 N–H and O–H groups in total. The van der Waals surface area contributed by atoms with Crippen LogP contribution in [0.4, 0.5) is 0 Å². The summed E-state index contributed by atoms with van der Waals surface area (Å²) in [5.74, 6) is -0.335. The van der Waals surface area contributed by atoms with Crippen LogP contribution in [0.1, 0.15) is 37.3 Å². The number of hydrogen-bond donors (Lipinski definition) is 1. The van der Waals surface area contributed by atoms with Crippen molar-refractivity contribution in [3.63, 3.8) is 0 Å². The quantitative estimate of drug-likeness (QED) is 0.801. The summed E-state index contributed by atoms with van der Waals surface area (Å²) in [7, 11) is 0. The number of carboxylic acids is 1. The number of benzene rings is 1. The average Bonchev–Trinajstić information content (AvgIpc) is 2.16. The maximum Gasteiger partial charge on any atom is 0.304 e. The molecule has 0 radical (unpaired) electrons. The molecule has 1 rings (SSSR count). The van der Waals surface area contributed by atoms with Crippen LogP contribution in [-0.4, -0.2) is 16.5 Å². The molecule has 1 aromatic rings. The second-order valence-corrected chi connectivity index (χ2v) is 4.91. The first-order valence-electron chi connectivity index (χ1n) is 5.43. The van der Waals surface area contributed by atoms with Gasteiger partial charge in [0.2, 0.25) is 0 Å². The molecule has 1 unspecified atom stereocenters. The summed E-state index contributed by atoms with van der Waals surface area (Å²) in [5.41, 5.74) is 2.37. The number of aliphatic carboxylic acids is 1. The van der Waals surface area contributed by atoms with Crippen molar-refractivity contribution in [2.75, 3.05) is 0 Å². The molecular weight excluding hydrogens is 224 g/mol. The van der Waals surface area contributed by atoms with Crippen LogP contribution in [0.15, 0.2) is 24.3 Å². The minimum Gasteiger partial charge on any atom is -0.481 e. The molecule has 0 bridgehead atoms. The Balaban J connectivity index is 2.58. The fourth-order valence-corrected chi connectivity index (χ4v) is 1.87. The summed E-state index contributed by atoms with van der Waals surface area (Å²) < 4.78 is 0. The smallest absolute Gasteiger partial charge is 0.304 e. The summed E-state index contributed by atoms with van der Waals surface area (Å²) in [5, 5.41) is 8.26. The van der Waals surface area contributed by atoms with E-state index in [1.165, 1.54) is 5.56 Å². The van der Waals surface area contributed by atoms with E-state index >= 15 is 0 Å². The monoisotopic (exact) mass is 240 g/mol. The Hall–Kier alpha value is -1.02. The van der Waals surface area contributed by atoms with Crippen LogP contribution in [0.3, 0.4) is 0 Å². The van der Waals surface area contributed by atoms with Gasteiger partial charge in [0.1, 0.15) is 0 Å². The third-order valence-electron chi connectivity index (χ3n) is 2.50. The first kappa shape index (κ1) is 13.0. The van der Waals surface area contributed by atoms with Crippen LogP contribution in [0.2, 0.25) is 0 Å². The van der Waals surface area contributed by atoms with E-state index in [2.05, 4.69) is 26.0 Å². The summed E-state index contributed by atoms with van der Waals surface area (Å²) in [6, 6.07) is 8.19. The second kappa shape index (κ2) is 5.90. The Morgan fingerprint density at radius 3 is 2.31 bits per heavy atom. The van der Waals surface area contributed by atoms with Gasteiger partial charge < -0.3 is 5.11 Å². The van der Waals surface area contributed by atoms with Gasteiger partial charge in [0.25, 0.3) is 0 Å². The molecule has 0 aliphatic rings. The molecule has 0 aromatic heterocycles. The van der Waals surface area contributed by atoms with E-state index in [-0.39, 0.29) is 11.8 Å². The number of halogens is 1. The third kappa shape index (κ3) is 4.23. The zero-order valence-corrected chi connectivity index (χ0v) is 10.4. The number of hydrogen-bond acceptors (Lipinski definition) is 1. The SMILES string of the molecule is CC(C)c1ccc(CC(Cl)CC(=O)O)cc1. The predicted molar refractivity (Wildman–Crippen MR) is 66.1 cm³/mol. The van der Waals surface area contributed by atoms with Gasteiger partial charge >= 0.3 is 5.97 Å². The third-order valence-corrected chi connectivity index (χ3v) is 2.81. The molecule has 0 saturated heterocycles. The highest BCUT2D eigenvalue weighted by Crippen LogP contribution is 2.17. The number of carboxylic acid groups (broad SMARTS) is 1. The molecule has 88 valence electrons. The maximum atomic E-state index is 10.5. The van der Waals surface area contributed by atoms with Crippen LogP contribution < -0.4 is 0 Å². The zero-order valence-electron chi connectivity index (χ0n) is 9.61. The van der Waals surface area contributed by atoms with E-state index in [1.807, 2.05) is 12.1 Å². The van der Waals surface area contributed by atoms with Crippen LogP contribution in [0, 0.1) is 0 Å². The molecule has 16 heavy (non-hydrogen) atoms. The Morgan fingerprint density at radius 1 is 1.31 bits per heavy atom. The predicted octanol–water partition coefficient (Wildman–Crippen LogP) is 3.43. The van der Waals surface area contributed by atoms with Crippen molar-refractivity contribution < 1.29 is 9.90 Å². The summed E-state index contributed by atoms with van der Waals surface area (Å²) >= 11 is 5.93. The van der Waals surface area contributed by atoms with E-state index in [1.54, 1.807) is 0 Å². The van der Waals surface area contributed by atoms with Gasteiger partial charge in [-0.15, -0.1) is 11.6 Å². The maximum absolute atomic E-state index is 10.5. The van der Waals surface area contributed by atoms with Crippen molar-refractivity contribution in [2.24, 2.45) is 0 Å². The molecule has 0 heterocycles. The normalized spacial score (nSPS) is 12.8. The molecule has 0 spiro atoms. The Labute approximate surface area is 101 Å². The highest BCUT2D eigenvalue weighted by Gasteiger charge is 2.10. The highest BCUT2D eigenvalue weighted by atomic mass is 35.5. The van der Waals surface area contributed by atoms with E-state index in [0.29, 0.717) is 12.3 Å². The topological polar surface area (TPSA) is 37.3 Å². The minimum atomic E-state index is -0.848. The van der Waals surface area contributed by atoms with Gasteiger partial charge in [0.15, 0.2) is 0 Å². The van der Waals surface area contributed by atoms with Gasteiger partial charge in [-0.05, 0) is 23.5 Å². The first-order valence-corrected chi connectivity index (χ1v) is 5.87. The molecule has 2 nitrogen and oxygen atoms in total. The molecule has 0 fully saturated rings. The molecule has 0 aliphatic heterocycles. The lowest BCUT2D eigenvalue weighted by atomic mass is 10.00. The van der Waals surface area contributed by atoms with Gasteiger partial charge in [-0.1, -0.05) is 38.1 Å². The van der Waals surface area contributed by atoms with E-state index in [0.717, 1.165) is 5.56 Å². The highest BCUT2D eigenvalue weighted by molar-refractivity contribution is 6.21. The molecular formula is C13H17ClO2. The van der Waals surface area contributed by atoms with Crippen molar-refractivity contribution in [1.82, 2.24) is 0 Å². The summed E-state index contributed by atoms with van der Waals surface area (Å²) in [6.45, 7) is 4.29. The molecule has 1 aromatic carbocycles. The average molecular weight is 241 g/mol. The lowest BCUT2D eigenvalue weighted by molar-refractivity contribution is -0.137. The largest absolute Gasteiger partial charge is 0.481 e. The first-order chi connectivity index (χ1) is 7.49. The van der Waals surface area contributed by atoms with Crippen molar-refractivity contribution in [3.8, 4) is 0 Å². The number of rotatable bonds is 5. The minimum absolute atomic E-state index is 0.00743. The molecule has 1 atom stereocenters. The van der Waals surface area contributed by atoms with Crippen LogP contribution in [-0.2, 0) is 11.2 Å². The van der Waals surface area contributed by atoms with Crippen LogP contribution >= 0.6 is 11.6 Å². The fraction of sp³-hybridized carbons (Fsp3) is 0.462. The number of carbonyl (C=O) groups is 1. The Morgan fingerprint density at radius 2 is 1.88 bits per heavy atom. The molecule has 3 heteroatoms. The van der Waals surface area contributed by atoms with E-state index < -0.39 is 5.97 Å². The lowest BCUT2D eigenvalue weighted by Crippen LogP contribution is -2.10. The summed E-state index contributed by atoms with van der Waals surface area (Å²) in [4.78, 5) is 10.5. The molecule has 0 saturated carbocycles. The summed E-state index contributed by atoms with van der Waals surface area (Å²) in [6.07, 6.45) is 0.611. The lowest BCUT2D eigenvalue weighted by Gasteiger charge is -2.09. The van der Waals surface area contributed by atoms with Gasteiger partial charge in [0.05, 0.1) is 6.42 Å². The number of alkyl halides is 1. The zero-order chi connectivity index (χ0) is 12.1. The van der Waals surface area contributed by atoms with Crippen LogP contribution in [0.25, 0.3) is 0 Å². The van der Waals surface area contributed by atoms with Gasteiger partial charge in [-0.3, -0.25) is 4.79 Å². The second-order valence-electron chi connectivity index (χ2n) is 4.30. The van der Waals surface area contributed by atoms with Crippen molar-refractivity contribution >= 4 is 17.6 Å². The van der Waals surface area contributed by atoms with Crippen molar-refractivity contribution in [1.29, 1.82) is 0 Å². The van der Waals surface area contributed by atoms with E-state index in [4.69, 9.17) is 16.7 Å². The Bertz CT molecular complexity index is 343. The van der Waals surface area contributed by atoms with Gasteiger partial charge in [-0.25, -0.2) is 0 Å². The van der Waals surface area contributed by atoms with Gasteiger partial charge in [-0.2, -0.15) is 0 Å². The van der Waals surface area contributed by atoms with Gasteiger partial charge in [0, 0.05) is 5.38 Å². The molecule has 0 aliphatic carbocycles.